The second-order valence-corrected chi connectivity index (χ2v) is 12.5. The maximum absolute atomic E-state index is 11.0. The van der Waals surface area contributed by atoms with Crippen molar-refractivity contribution in [2.24, 2.45) is 0 Å². The monoisotopic (exact) mass is 548 g/mol. The molecule has 0 amide bonds. The Morgan fingerprint density at radius 1 is 1.10 bits per heavy atom. The molecule has 3 saturated heterocycles. The smallest absolute Gasteiger partial charge is 0.318 e. The molecule has 3 fully saturated rings. The van der Waals surface area contributed by atoms with Crippen molar-refractivity contribution in [3.8, 4) is 6.01 Å². The molecule has 0 aliphatic carbocycles. The third kappa shape index (κ3) is 4.48. The summed E-state index contributed by atoms with van der Waals surface area (Å²) >= 11 is 0. The zero-order valence-electron chi connectivity index (χ0n) is 23.9. The number of aromatic nitrogens is 5. The molecule has 4 aliphatic rings. The Labute approximate surface area is 234 Å². The molecule has 0 unspecified atom stereocenters. The number of ether oxygens (including phenoxy) is 2. The van der Waals surface area contributed by atoms with Gasteiger partial charge in [-0.15, -0.1) is 5.10 Å². The van der Waals surface area contributed by atoms with E-state index in [2.05, 4.69) is 50.0 Å². The van der Waals surface area contributed by atoms with Crippen LogP contribution in [0.4, 0.5) is 11.5 Å². The van der Waals surface area contributed by atoms with Crippen LogP contribution >= 0.6 is 0 Å². The van der Waals surface area contributed by atoms with Crippen molar-refractivity contribution in [2.75, 3.05) is 62.3 Å². The van der Waals surface area contributed by atoms with Gasteiger partial charge < -0.3 is 24.4 Å². The third-order valence-electron chi connectivity index (χ3n) is 9.48. The Bertz CT molecular complexity index is 1410. The van der Waals surface area contributed by atoms with Crippen molar-refractivity contribution in [3.05, 3.63) is 28.5 Å². The SMILES string of the molecule is Cc1cc2[nH]nnc2c(N2CCc3c(nc(OCC45CCCN4CCC5)nc3N3CCOC[C@@](C)(O)C3)C2)c1C. The van der Waals surface area contributed by atoms with Gasteiger partial charge in [0.25, 0.3) is 0 Å². The number of H-pyrrole nitrogens is 1. The lowest BCUT2D eigenvalue weighted by Crippen LogP contribution is -2.44. The van der Waals surface area contributed by atoms with Crippen LogP contribution in [0.1, 0.15) is 55.0 Å². The van der Waals surface area contributed by atoms with Crippen molar-refractivity contribution in [3.63, 3.8) is 0 Å². The largest absolute Gasteiger partial charge is 0.461 e. The number of fused-ring (bicyclic) bond motifs is 3. The van der Waals surface area contributed by atoms with Crippen LogP contribution in [0.25, 0.3) is 11.0 Å². The number of rotatable bonds is 5. The number of benzene rings is 1. The Hall–Kier alpha value is -3.02. The van der Waals surface area contributed by atoms with Gasteiger partial charge in [-0.1, -0.05) is 5.21 Å². The first-order valence-corrected chi connectivity index (χ1v) is 14.7. The average molecular weight is 549 g/mol. The molecule has 0 radical (unpaired) electrons. The van der Waals surface area contributed by atoms with E-state index in [-0.39, 0.29) is 5.54 Å². The number of nitrogens with zero attached hydrogens (tertiary/aromatic N) is 7. The highest BCUT2D eigenvalue weighted by Crippen LogP contribution is 2.40. The molecule has 214 valence electrons. The quantitative estimate of drug-likeness (QED) is 0.493. The summed E-state index contributed by atoms with van der Waals surface area (Å²) in [7, 11) is 0. The molecule has 0 saturated carbocycles. The highest BCUT2D eigenvalue weighted by Gasteiger charge is 2.45. The van der Waals surface area contributed by atoms with Crippen LogP contribution in [0.2, 0.25) is 0 Å². The first kappa shape index (κ1) is 25.9. The van der Waals surface area contributed by atoms with Gasteiger partial charge in [-0.3, -0.25) is 10.00 Å². The van der Waals surface area contributed by atoms with Crippen LogP contribution in [0.3, 0.4) is 0 Å². The molecule has 6 heterocycles. The second kappa shape index (κ2) is 9.81. The van der Waals surface area contributed by atoms with Gasteiger partial charge in [0.2, 0.25) is 0 Å². The molecule has 7 rings (SSSR count). The maximum Gasteiger partial charge on any atom is 0.318 e. The summed E-state index contributed by atoms with van der Waals surface area (Å²) < 4.78 is 12.2. The van der Waals surface area contributed by atoms with Crippen LogP contribution in [-0.2, 0) is 17.7 Å². The summed E-state index contributed by atoms with van der Waals surface area (Å²) in [6.45, 7) is 12.5. The van der Waals surface area contributed by atoms with E-state index in [9.17, 15) is 5.11 Å². The summed E-state index contributed by atoms with van der Waals surface area (Å²) in [5.74, 6) is 0.866. The molecule has 0 spiro atoms. The molecule has 1 aromatic carbocycles. The van der Waals surface area contributed by atoms with Crippen molar-refractivity contribution in [1.29, 1.82) is 0 Å². The number of aromatic amines is 1. The fourth-order valence-corrected chi connectivity index (χ4v) is 7.34. The van der Waals surface area contributed by atoms with Crippen LogP contribution in [-0.4, -0.2) is 99.1 Å². The maximum atomic E-state index is 11.0. The molecule has 2 aromatic heterocycles. The highest BCUT2D eigenvalue weighted by atomic mass is 16.5. The number of β-amino-alcohol motifs (C(OH)–C–C–N with tert-alkyl or cyclic N) is 1. The van der Waals surface area contributed by atoms with Crippen LogP contribution < -0.4 is 14.5 Å². The minimum absolute atomic E-state index is 0.114. The third-order valence-corrected chi connectivity index (χ3v) is 9.48. The Morgan fingerprint density at radius 2 is 1.93 bits per heavy atom. The zero-order valence-corrected chi connectivity index (χ0v) is 23.9. The lowest BCUT2D eigenvalue weighted by Gasteiger charge is -2.36. The van der Waals surface area contributed by atoms with E-state index in [4.69, 9.17) is 19.4 Å². The van der Waals surface area contributed by atoms with Gasteiger partial charge in [0, 0.05) is 18.7 Å². The lowest BCUT2D eigenvalue weighted by atomic mass is 9.95. The molecule has 1 atom stereocenters. The lowest BCUT2D eigenvalue weighted by molar-refractivity contribution is -0.0123. The summed E-state index contributed by atoms with van der Waals surface area (Å²) in [5.41, 5.74) is 6.61. The van der Waals surface area contributed by atoms with Crippen molar-refractivity contribution in [1.82, 2.24) is 30.3 Å². The van der Waals surface area contributed by atoms with Crippen molar-refractivity contribution >= 4 is 22.5 Å². The van der Waals surface area contributed by atoms with Gasteiger partial charge in [0.15, 0.2) is 0 Å². The molecular weight excluding hydrogens is 508 g/mol. The average Bonchev–Trinajstić information content (AvgIpc) is 3.62. The zero-order chi connectivity index (χ0) is 27.5. The number of anilines is 2. The first-order valence-electron chi connectivity index (χ1n) is 14.7. The molecule has 2 N–H and O–H groups in total. The second-order valence-electron chi connectivity index (χ2n) is 12.5. The Morgan fingerprint density at radius 3 is 2.75 bits per heavy atom. The predicted molar refractivity (Wildman–Crippen MR) is 152 cm³/mol. The van der Waals surface area contributed by atoms with Crippen LogP contribution in [0.5, 0.6) is 6.01 Å². The number of aryl methyl sites for hydroxylation is 1. The van der Waals surface area contributed by atoms with Crippen molar-refractivity contribution in [2.45, 2.75) is 70.6 Å². The molecule has 4 aliphatic heterocycles. The topological polar surface area (TPSA) is 116 Å². The number of hydrogen-bond donors (Lipinski definition) is 2. The number of nitrogens with one attached hydrogen (secondary N) is 1. The summed E-state index contributed by atoms with van der Waals surface area (Å²) in [4.78, 5) is 17.2. The standard InChI is InChI=1S/C29H40N8O3/c1-19-14-22-24(33-34-32-22)25(20(19)2)35-11-6-21-23(15-35)30-27(40-18-29-7-4-9-37(29)10-5-8-29)31-26(21)36-12-13-39-17-28(3,38)16-36/h14,38H,4-13,15-18H2,1-3H3,(H,32,33,34)/t28-/m0/s1. The fraction of sp³-hybridized carbons (Fsp3) is 0.655. The first-order chi connectivity index (χ1) is 19.3. The minimum atomic E-state index is -0.958. The summed E-state index contributed by atoms with van der Waals surface area (Å²) in [6, 6.07) is 2.54. The van der Waals surface area contributed by atoms with E-state index in [1.54, 1.807) is 0 Å². The van der Waals surface area contributed by atoms with E-state index < -0.39 is 5.60 Å². The predicted octanol–water partition coefficient (Wildman–Crippen LogP) is 2.52. The molecule has 11 heteroatoms. The van der Waals surface area contributed by atoms with E-state index in [1.807, 2.05) is 6.92 Å². The highest BCUT2D eigenvalue weighted by molar-refractivity contribution is 5.91. The van der Waals surface area contributed by atoms with Gasteiger partial charge in [-0.2, -0.15) is 9.97 Å². The van der Waals surface area contributed by atoms with Gasteiger partial charge >= 0.3 is 6.01 Å². The molecule has 11 nitrogen and oxygen atoms in total. The van der Waals surface area contributed by atoms with Gasteiger partial charge in [0.05, 0.1) is 48.7 Å². The van der Waals surface area contributed by atoms with E-state index in [1.165, 1.54) is 36.8 Å². The molecule has 3 aromatic rings. The van der Waals surface area contributed by atoms with Gasteiger partial charge in [-0.25, -0.2) is 0 Å². The van der Waals surface area contributed by atoms with E-state index in [0.29, 0.717) is 45.5 Å². The molecule has 40 heavy (non-hydrogen) atoms. The minimum Gasteiger partial charge on any atom is -0.461 e. The van der Waals surface area contributed by atoms with Gasteiger partial charge in [-0.05, 0) is 83.2 Å². The number of aliphatic hydroxyl groups is 1. The van der Waals surface area contributed by atoms with Crippen LogP contribution in [0.15, 0.2) is 6.07 Å². The Balaban J connectivity index is 1.25. The number of hydrogen-bond acceptors (Lipinski definition) is 10. The Kier molecular flexibility index (Phi) is 6.36. The van der Waals surface area contributed by atoms with E-state index >= 15 is 0 Å². The fourth-order valence-electron chi connectivity index (χ4n) is 7.34. The van der Waals surface area contributed by atoms with Gasteiger partial charge in [0.1, 0.15) is 23.5 Å². The molecular formula is C29H40N8O3. The normalized spacial score (nSPS) is 24.8. The van der Waals surface area contributed by atoms with Crippen molar-refractivity contribution < 1.29 is 14.6 Å². The van der Waals surface area contributed by atoms with E-state index in [0.717, 1.165) is 59.9 Å². The molecule has 0 bridgehead atoms. The summed E-state index contributed by atoms with van der Waals surface area (Å²) in [5, 5.41) is 22.5. The van der Waals surface area contributed by atoms with Crippen LogP contribution in [0, 0.1) is 13.8 Å². The summed E-state index contributed by atoms with van der Waals surface area (Å²) in [6.07, 6.45) is 5.58.